The summed E-state index contributed by atoms with van der Waals surface area (Å²) in [4.78, 5) is 27.2. The molecule has 75 heavy (non-hydrogen) atoms. The van der Waals surface area contributed by atoms with Gasteiger partial charge in [0.25, 0.3) is 0 Å². The fourth-order valence-corrected chi connectivity index (χ4v) is 16.1. The Labute approximate surface area is 435 Å². The Morgan fingerprint density at radius 1 is 0.640 bits per heavy atom. The van der Waals surface area contributed by atoms with Gasteiger partial charge in [0.2, 0.25) is 6.29 Å². The number of carbonyl (C=O) groups excluding carboxylic acids is 1. The number of fused-ring (bicyclic) bond motifs is 7. The summed E-state index contributed by atoms with van der Waals surface area (Å²) in [5, 5.41) is 138. The van der Waals surface area contributed by atoms with Crippen molar-refractivity contribution >= 4 is 11.9 Å². The molecule has 0 aromatic heterocycles. The van der Waals surface area contributed by atoms with Crippen molar-refractivity contribution in [3.63, 3.8) is 0 Å². The van der Waals surface area contributed by atoms with E-state index in [0.717, 1.165) is 32.1 Å². The summed E-state index contributed by atoms with van der Waals surface area (Å²) < 4.78 is 47.1. The fourth-order valence-electron chi connectivity index (χ4n) is 16.1. The average Bonchev–Trinajstić information content (AvgIpc) is 3.36. The Bertz CT molecular complexity index is 2090. The van der Waals surface area contributed by atoms with Gasteiger partial charge in [0.15, 0.2) is 25.0 Å². The van der Waals surface area contributed by atoms with Crippen LogP contribution in [0.1, 0.15) is 99.3 Å². The molecule has 4 aliphatic heterocycles. The van der Waals surface area contributed by atoms with Crippen molar-refractivity contribution < 1.29 is 114 Å². The molecule has 5 aliphatic carbocycles. The monoisotopic (exact) mass is 1070 g/mol. The quantitative estimate of drug-likeness (QED) is 0.0614. The van der Waals surface area contributed by atoms with Crippen LogP contribution < -0.4 is 0 Å². The number of allylic oxidation sites excluding steroid dienone is 2. The van der Waals surface area contributed by atoms with E-state index in [0.29, 0.717) is 25.7 Å². The Hall–Kier alpha value is -2.08. The van der Waals surface area contributed by atoms with Crippen molar-refractivity contribution in [2.45, 2.75) is 216 Å². The minimum Gasteiger partial charge on any atom is -0.479 e. The minimum atomic E-state index is -2.02. The van der Waals surface area contributed by atoms with Gasteiger partial charge in [-0.2, -0.15) is 0 Å². The van der Waals surface area contributed by atoms with Crippen LogP contribution >= 0.6 is 0 Å². The van der Waals surface area contributed by atoms with E-state index in [1.807, 2.05) is 6.92 Å². The van der Waals surface area contributed by atoms with Gasteiger partial charge in [-0.3, -0.25) is 4.79 Å². The van der Waals surface area contributed by atoms with E-state index in [4.69, 9.17) is 37.9 Å². The topological polar surface area (TPSA) is 371 Å². The number of aliphatic hydroxyl groups excluding tert-OH is 12. The number of carboxylic acids is 1. The Morgan fingerprint density at radius 3 is 1.85 bits per heavy atom. The van der Waals surface area contributed by atoms with Crippen LogP contribution in [0.15, 0.2) is 11.6 Å². The third-order valence-electron chi connectivity index (χ3n) is 20.5. The van der Waals surface area contributed by atoms with Gasteiger partial charge in [0, 0.05) is 5.41 Å². The van der Waals surface area contributed by atoms with Crippen LogP contribution in [0.25, 0.3) is 0 Å². The predicted molar refractivity (Wildman–Crippen MR) is 253 cm³/mol. The molecule has 8 fully saturated rings. The smallest absolute Gasteiger partial charge is 0.335 e. The highest BCUT2D eigenvalue weighted by Gasteiger charge is 2.69. The summed E-state index contributed by atoms with van der Waals surface area (Å²) in [6, 6.07) is 0. The molecular formula is C52H82O23. The molecule has 28 atom stereocenters. The lowest BCUT2D eigenvalue weighted by atomic mass is 9.34. The van der Waals surface area contributed by atoms with E-state index < -0.39 is 160 Å². The number of aliphatic hydroxyl groups is 12. The number of carbonyl (C=O) groups is 2. The number of esters is 1. The van der Waals surface area contributed by atoms with Gasteiger partial charge < -0.3 is 104 Å². The molecule has 4 heterocycles. The van der Waals surface area contributed by atoms with E-state index in [1.165, 1.54) is 5.57 Å². The third kappa shape index (κ3) is 9.65. The molecule has 0 bridgehead atoms. The summed E-state index contributed by atoms with van der Waals surface area (Å²) in [6.45, 7) is 11.2. The van der Waals surface area contributed by atoms with Crippen molar-refractivity contribution in [3.8, 4) is 0 Å². The van der Waals surface area contributed by atoms with Gasteiger partial charge in [0.1, 0.15) is 79.4 Å². The molecule has 23 nitrogen and oxygen atoms in total. The minimum absolute atomic E-state index is 0.0313. The number of rotatable bonds is 11. The highest BCUT2D eigenvalue weighted by atomic mass is 16.8. The predicted octanol–water partition coefficient (Wildman–Crippen LogP) is -1.84. The lowest BCUT2D eigenvalue weighted by Gasteiger charge is -2.71. The Kier molecular flexibility index (Phi) is 16.2. The van der Waals surface area contributed by atoms with Gasteiger partial charge in [-0.1, -0.05) is 53.2 Å². The average molecular weight is 1080 g/mol. The molecule has 4 saturated heterocycles. The van der Waals surface area contributed by atoms with Crippen LogP contribution in [-0.2, 0) is 47.5 Å². The maximum atomic E-state index is 14.2. The van der Waals surface area contributed by atoms with E-state index >= 15 is 0 Å². The lowest BCUT2D eigenvalue weighted by Crippen LogP contribution is -2.68. The fraction of sp³-hybridized carbons (Fsp3) is 0.923. The maximum absolute atomic E-state index is 14.2. The zero-order valence-electron chi connectivity index (χ0n) is 43.5. The molecule has 23 heteroatoms. The van der Waals surface area contributed by atoms with Crippen LogP contribution in [-0.4, -0.2) is 221 Å². The van der Waals surface area contributed by atoms with Crippen molar-refractivity contribution in [1.82, 2.24) is 0 Å². The van der Waals surface area contributed by atoms with E-state index in [9.17, 15) is 76.0 Å². The number of carboxylic acid groups (broad SMARTS) is 1. The standard InChI is InChI=1S/C52H82O23/c1-48(2)15-22-21(23(16-48)43(67)75-46-37(63)34(60)33(59)27(17-53)70-46)9-13-51(5)24(22)7-8-29-49(3)12-11-30(50(4,20-54)28(49)10-14-52(29,51)6)71-47-40(73-45-36(62)32(58)26(56)19-69-45)38(64)39(41(74-47)42(65)66)72-44-35(61)31(57)25(55)18-68-44/h7,21-23,25-41,44-47,53-64H,8-20H2,1-6H3,(H,65,66). The molecule has 28 unspecified atom stereocenters. The molecule has 428 valence electrons. The largest absolute Gasteiger partial charge is 0.479 e. The van der Waals surface area contributed by atoms with Gasteiger partial charge in [-0.25, -0.2) is 4.79 Å². The SMILES string of the molecule is CC1(C)CC(C(=O)OC2OC(CO)C(O)C(O)C2O)C2CCC3(C)C(=CCC4C5(C)CCC(OC6OC(C(=O)O)C(OC7OCC(O)C(O)C7O)C(O)C6OC6OCC(O)C(O)C6O)C(C)(CO)C5CCC43C)C2C1. The van der Waals surface area contributed by atoms with Crippen molar-refractivity contribution in [2.75, 3.05) is 26.4 Å². The van der Waals surface area contributed by atoms with E-state index in [1.54, 1.807) is 0 Å². The van der Waals surface area contributed by atoms with Crippen molar-refractivity contribution in [1.29, 1.82) is 0 Å². The van der Waals surface area contributed by atoms with Gasteiger partial charge >= 0.3 is 11.9 Å². The number of aliphatic carboxylic acids is 1. The summed E-state index contributed by atoms with van der Waals surface area (Å²) in [5.74, 6) is -2.83. The molecule has 9 rings (SSSR count). The molecule has 0 aromatic rings. The molecule has 9 aliphatic rings. The van der Waals surface area contributed by atoms with Crippen molar-refractivity contribution in [2.24, 2.45) is 56.7 Å². The first kappa shape index (κ1) is 57.6. The Balaban J connectivity index is 0.965. The van der Waals surface area contributed by atoms with Gasteiger partial charge in [0.05, 0.1) is 38.4 Å². The van der Waals surface area contributed by atoms with Crippen LogP contribution in [0.3, 0.4) is 0 Å². The van der Waals surface area contributed by atoms with Crippen LogP contribution in [0.2, 0.25) is 0 Å². The first-order valence-corrected chi connectivity index (χ1v) is 26.8. The van der Waals surface area contributed by atoms with Gasteiger partial charge in [-0.15, -0.1) is 0 Å². The normalized spacial score (nSPS) is 53.8. The summed E-state index contributed by atoms with van der Waals surface area (Å²) in [5.41, 5.74) is -0.871. The highest BCUT2D eigenvalue weighted by Crippen LogP contribution is 2.75. The second kappa shape index (κ2) is 21.1. The highest BCUT2D eigenvalue weighted by molar-refractivity contribution is 5.74. The summed E-state index contributed by atoms with van der Waals surface area (Å²) in [6.07, 6.45) is -23.4. The number of hydrogen-bond donors (Lipinski definition) is 13. The molecule has 0 amide bonds. The molecule has 13 N–H and O–H groups in total. The Morgan fingerprint density at radius 2 is 1.25 bits per heavy atom. The van der Waals surface area contributed by atoms with E-state index in [-0.39, 0.29) is 51.9 Å². The van der Waals surface area contributed by atoms with Crippen LogP contribution in [0, 0.1) is 56.7 Å². The first-order chi connectivity index (χ1) is 35.2. The van der Waals surface area contributed by atoms with Crippen molar-refractivity contribution in [3.05, 3.63) is 11.6 Å². The summed E-state index contributed by atoms with van der Waals surface area (Å²) in [7, 11) is 0. The zero-order valence-corrected chi connectivity index (χ0v) is 43.5. The van der Waals surface area contributed by atoms with Gasteiger partial charge in [-0.05, 0) is 103 Å². The first-order valence-electron chi connectivity index (χ1n) is 26.8. The summed E-state index contributed by atoms with van der Waals surface area (Å²) >= 11 is 0. The molecule has 4 saturated carbocycles. The third-order valence-corrected chi connectivity index (χ3v) is 20.5. The van der Waals surface area contributed by atoms with Crippen LogP contribution in [0.5, 0.6) is 0 Å². The zero-order chi connectivity index (χ0) is 54.6. The number of ether oxygens (including phenoxy) is 8. The molecule has 0 radical (unpaired) electrons. The lowest BCUT2D eigenvalue weighted by molar-refractivity contribution is -0.383. The molecule has 0 aromatic carbocycles. The van der Waals surface area contributed by atoms with Crippen LogP contribution in [0.4, 0.5) is 0 Å². The number of hydrogen-bond acceptors (Lipinski definition) is 22. The maximum Gasteiger partial charge on any atom is 0.335 e. The second-order valence-electron chi connectivity index (χ2n) is 25.2. The molecular weight excluding hydrogens is 993 g/mol. The second-order valence-corrected chi connectivity index (χ2v) is 25.2. The molecule has 0 spiro atoms. The van der Waals surface area contributed by atoms with E-state index in [2.05, 4.69) is 40.7 Å².